The first-order valence-corrected chi connectivity index (χ1v) is 16.2. The monoisotopic (exact) mass is 583 g/mol. The third-order valence-corrected chi connectivity index (χ3v) is 9.84. The largest absolute Gasteiger partial charge is 0.405 e. The van der Waals surface area contributed by atoms with E-state index in [1.165, 1.54) is 66.9 Å². The molecule has 221 valence electrons. The highest BCUT2D eigenvalue weighted by Gasteiger charge is 2.32. The molecule has 0 aromatic heterocycles. The van der Waals surface area contributed by atoms with Crippen LogP contribution < -0.4 is 16.5 Å². The van der Waals surface area contributed by atoms with Crippen molar-refractivity contribution in [1.82, 2.24) is 0 Å². The van der Waals surface area contributed by atoms with E-state index in [9.17, 15) is 0 Å². The fourth-order valence-electron chi connectivity index (χ4n) is 7.31. The van der Waals surface area contributed by atoms with E-state index in [4.69, 9.17) is 5.73 Å². The van der Waals surface area contributed by atoms with E-state index < -0.39 is 0 Å². The predicted octanol–water partition coefficient (Wildman–Crippen LogP) is 9.81. The summed E-state index contributed by atoms with van der Waals surface area (Å²) in [7, 11) is 2.28. The fraction of sp³-hybridized carbons (Fsp3) is 0.190. The van der Waals surface area contributed by atoms with Crippen molar-refractivity contribution in [2.45, 2.75) is 46.0 Å². The van der Waals surface area contributed by atoms with Crippen LogP contribution in [-0.2, 0) is 6.42 Å². The van der Waals surface area contributed by atoms with E-state index in [-0.39, 0.29) is 5.41 Å². The molecule has 3 heteroatoms. The van der Waals surface area contributed by atoms with Crippen molar-refractivity contribution in [2.75, 3.05) is 5.32 Å². The van der Waals surface area contributed by atoms with Gasteiger partial charge in [0.1, 0.15) is 0 Å². The van der Waals surface area contributed by atoms with Crippen LogP contribution in [0.2, 0.25) is 0 Å². The van der Waals surface area contributed by atoms with Crippen molar-refractivity contribution in [2.24, 2.45) is 11.1 Å². The lowest BCUT2D eigenvalue weighted by atomic mass is 9.56. The molecule has 0 saturated carbocycles. The Kier molecular flexibility index (Phi) is 7.71. The first kappa shape index (κ1) is 29.0. The van der Waals surface area contributed by atoms with Crippen molar-refractivity contribution >= 4 is 29.7 Å². The molecule has 0 spiro atoms. The zero-order valence-corrected chi connectivity index (χ0v) is 26.5. The zero-order valence-electron chi connectivity index (χ0n) is 26.5. The van der Waals surface area contributed by atoms with Crippen LogP contribution in [0.1, 0.15) is 56.2 Å². The van der Waals surface area contributed by atoms with E-state index >= 15 is 0 Å². The molecule has 0 saturated heterocycles. The van der Waals surface area contributed by atoms with E-state index in [2.05, 4.69) is 155 Å². The van der Waals surface area contributed by atoms with Gasteiger partial charge in [-0.2, -0.15) is 0 Å². The van der Waals surface area contributed by atoms with Crippen LogP contribution in [-0.4, -0.2) is 7.28 Å². The Morgan fingerprint density at radius 3 is 2.44 bits per heavy atom. The molecule has 1 unspecified atom stereocenters. The van der Waals surface area contributed by atoms with Gasteiger partial charge < -0.3 is 11.1 Å². The van der Waals surface area contributed by atoms with Crippen LogP contribution in [0.5, 0.6) is 0 Å². The third kappa shape index (κ3) is 5.42. The Balaban J connectivity index is 1.52. The molecule has 2 nitrogen and oxygen atoms in total. The summed E-state index contributed by atoms with van der Waals surface area (Å²) >= 11 is 0. The number of para-hydroxylation sites is 2. The number of fused-ring (bicyclic) bond motifs is 3. The van der Waals surface area contributed by atoms with Gasteiger partial charge in [-0.1, -0.05) is 140 Å². The summed E-state index contributed by atoms with van der Waals surface area (Å²) in [5.74, 6) is 0.415. The van der Waals surface area contributed by atoms with Crippen molar-refractivity contribution in [3.8, 4) is 22.3 Å². The lowest BCUT2D eigenvalue weighted by Crippen LogP contribution is -2.29. The molecular formula is C42H40BN2. The van der Waals surface area contributed by atoms with Gasteiger partial charge in [-0.3, -0.25) is 0 Å². The number of hydrogen-bond acceptors (Lipinski definition) is 2. The maximum Gasteiger partial charge on any atom is 0.194 e. The number of nitrogens with two attached hydrogens (primary N) is 1. The van der Waals surface area contributed by atoms with Gasteiger partial charge in [0.05, 0.1) is 0 Å². The molecular weight excluding hydrogens is 543 g/mol. The Bertz CT molecular complexity index is 1920. The van der Waals surface area contributed by atoms with Crippen molar-refractivity contribution in [3.05, 3.63) is 155 Å². The van der Waals surface area contributed by atoms with Crippen molar-refractivity contribution in [1.29, 1.82) is 0 Å². The molecule has 4 aromatic carbocycles. The van der Waals surface area contributed by atoms with Crippen LogP contribution in [0.25, 0.3) is 27.8 Å². The highest BCUT2D eigenvalue weighted by Crippen LogP contribution is 2.47. The molecule has 7 rings (SSSR count). The standard InChI is InChI=1S/C42H40BN2/c1-28-24-30-16-12-21-35(41(30)45-39-23-11-10-20-34(28)39)36-25-31(29-14-6-4-7-15-29)26-37-38(22-13-19-33(27-44)43-40(36)37)42(2,3)32-17-8-5-9-18-32/h4-8,10-17,19-23,25-28,45H,9,18,24,44H2,1-3H3/b19-13-,33-27-,38-22?. The molecule has 2 aliphatic heterocycles. The molecule has 0 amide bonds. The van der Waals surface area contributed by atoms with Crippen LogP contribution in [0, 0.1) is 5.41 Å². The Morgan fingerprint density at radius 1 is 0.844 bits per heavy atom. The minimum atomic E-state index is -0.172. The number of anilines is 2. The molecule has 3 N–H and O–H groups in total. The SMILES string of the molecule is CC1Cc2cccc(-c3cc(-c4ccccc4)cc4c3[B]C(=C\N)/C=C\C=C4C(C)(C)C3=CC=CCC3)c2Nc2ccccc21. The normalized spacial score (nSPS) is 18.9. The fourth-order valence-corrected chi connectivity index (χ4v) is 7.31. The van der Waals surface area contributed by atoms with Gasteiger partial charge in [0.2, 0.25) is 0 Å². The van der Waals surface area contributed by atoms with Gasteiger partial charge in [-0.05, 0) is 88.5 Å². The molecule has 0 fully saturated rings. The molecule has 2 heterocycles. The van der Waals surface area contributed by atoms with Gasteiger partial charge in [-0.25, -0.2) is 0 Å². The minimum Gasteiger partial charge on any atom is -0.405 e. The van der Waals surface area contributed by atoms with E-state index in [0.717, 1.165) is 24.7 Å². The average Bonchev–Trinajstić information content (AvgIpc) is 3.21. The summed E-state index contributed by atoms with van der Waals surface area (Å²) in [6.07, 6.45) is 18.3. The maximum absolute atomic E-state index is 6.23. The Morgan fingerprint density at radius 2 is 1.64 bits per heavy atom. The second kappa shape index (κ2) is 12.0. The molecule has 1 radical (unpaired) electrons. The van der Waals surface area contributed by atoms with E-state index in [1.807, 2.05) is 0 Å². The predicted molar refractivity (Wildman–Crippen MR) is 194 cm³/mol. The molecule has 4 aromatic rings. The molecule has 45 heavy (non-hydrogen) atoms. The molecule has 3 aliphatic rings. The molecule has 1 aliphatic carbocycles. The van der Waals surface area contributed by atoms with Gasteiger partial charge in [-0.15, -0.1) is 0 Å². The minimum absolute atomic E-state index is 0.172. The smallest absolute Gasteiger partial charge is 0.194 e. The number of allylic oxidation sites excluding steroid dienone is 9. The van der Waals surface area contributed by atoms with Gasteiger partial charge in [0.15, 0.2) is 7.28 Å². The topological polar surface area (TPSA) is 38.0 Å². The summed E-state index contributed by atoms with van der Waals surface area (Å²) in [6.45, 7) is 7.10. The highest BCUT2D eigenvalue weighted by atomic mass is 14.9. The lowest BCUT2D eigenvalue weighted by Gasteiger charge is -2.35. The number of nitrogens with one attached hydrogen (secondary N) is 1. The Labute approximate surface area is 269 Å². The Hall–Kier alpha value is -4.76. The summed E-state index contributed by atoms with van der Waals surface area (Å²) < 4.78 is 0. The summed E-state index contributed by atoms with van der Waals surface area (Å²) in [5, 5.41) is 3.91. The van der Waals surface area contributed by atoms with Crippen molar-refractivity contribution < 1.29 is 0 Å². The van der Waals surface area contributed by atoms with Crippen LogP contribution in [0.15, 0.2) is 139 Å². The van der Waals surface area contributed by atoms with E-state index in [0.29, 0.717) is 5.92 Å². The summed E-state index contributed by atoms with van der Waals surface area (Å²) in [6, 6.07) is 31.1. The number of benzene rings is 4. The zero-order chi connectivity index (χ0) is 31.0. The number of rotatable bonds is 4. The second-order valence-electron chi connectivity index (χ2n) is 13.0. The highest BCUT2D eigenvalue weighted by molar-refractivity contribution is 6.64. The maximum atomic E-state index is 6.23. The van der Waals surface area contributed by atoms with Crippen molar-refractivity contribution in [3.63, 3.8) is 0 Å². The third-order valence-electron chi connectivity index (χ3n) is 9.84. The quantitative estimate of drug-likeness (QED) is 0.235. The average molecular weight is 584 g/mol. The van der Waals surface area contributed by atoms with Gasteiger partial charge >= 0.3 is 0 Å². The van der Waals surface area contributed by atoms with Gasteiger partial charge in [0, 0.05) is 22.4 Å². The number of hydrogen-bond donors (Lipinski definition) is 2. The molecule has 0 bridgehead atoms. The lowest BCUT2D eigenvalue weighted by molar-refractivity contribution is 0.570. The van der Waals surface area contributed by atoms with Gasteiger partial charge in [0.25, 0.3) is 0 Å². The van der Waals surface area contributed by atoms with E-state index in [1.54, 1.807) is 6.20 Å². The second-order valence-corrected chi connectivity index (χ2v) is 13.0. The summed E-state index contributed by atoms with van der Waals surface area (Å²) in [5.41, 5.74) is 22.2. The molecule has 1 atom stereocenters. The first-order chi connectivity index (χ1) is 21.9. The summed E-state index contributed by atoms with van der Waals surface area (Å²) in [4.78, 5) is 0. The van der Waals surface area contributed by atoms with Crippen LogP contribution in [0.4, 0.5) is 11.4 Å². The van der Waals surface area contributed by atoms with Crippen LogP contribution >= 0.6 is 0 Å². The first-order valence-electron chi connectivity index (χ1n) is 16.2. The van der Waals surface area contributed by atoms with Crippen LogP contribution in [0.3, 0.4) is 0 Å².